The van der Waals surface area contributed by atoms with Crippen molar-refractivity contribution < 1.29 is 38.0 Å². The molecule has 0 radical (unpaired) electrons. The molecule has 0 fully saturated rings. The number of aromatic nitrogens is 1. The van der Waals surface area contributed by atoms with Crippen LogP contribution in [0.2, 0.25) is 0 Å². The zero-order valence-corrected chi connectivity index (χ0v) is 22.1. The van der Waals surface area contributed by atoms with Gasteiger partial charge >= 0.3 is 5.97 Å². The third kappa shape index (κ3) is 5.82. The van der Waals surface area contributed by atoms with Crippen molar-refractivity contribution in [3.05, 3.63) is 34.6 Å². The van der Waals surface area contributed by atoms with Crippen molar-refractivity contribution in [2.24, 2.45) is 4.99 Å². The van der Waals surface area contributed by atoms with E-state index in [0.29, 0.717) is 72.1 Å². The summed E-state index contributed by atoms with van der Waals surface area (Å²) in [6.45, 7) is 9.46. The van der Waals surface area contributed by atoms with Gasteiger partial charge in [-0.3, -0.25) is 9.59 Å². The molecule has 4 rings (SSSR count). The lowest BCUT2D eigenvalue weighted by Gasteiger charge is -2.18. The number of rotatable bonds is 10. The fraction of sp³-hybridized carbons (Fsp3) is 0.423. The highest BCUT2D eigenvalue weighted by atomic mass is 32.1. The Labute approximate surface area is 218 Å². The minimum atomic E-state index is -0.522. The number of hydrogen-bond acceptors (Lipinski definition) is 9. The van der Waals surface area contributed by atoms with E-state index in [1.807, 2.05) is 26.8 Å². The summed E-state index contributed by atoms with van der Waals surface area (Å²) in [7, 11) is 0. The molecule has 0 bridgehead atoms. The van der Waals surface area contributed by atoms with Gasteiger partial charge in [0.15, 0.2) is 27.8 Å². The van der Waals surface area contributed by atoms with E-state index < -0.39 is 11.9 Å². The van der Waals surface area contributed by atoms with Gasteiger partial charge in [0.25, 0.3) is 5.91 Å². The molecule has 2 aromatic carbocycles. The largest absolute Gasteiger partial charge is 0.490 e. The Kier molecular flexibility index (Phi) is 8.54. The topological polar surface area (TPSA) is 107 Å². The number of fused-ring (bicyclic) bond motifs is 2. The molecule has 1 aliphatic heterocycles. The molecule has 0 saturated heterocycles. The van der Waals surface area contributed by atoms with Gasteiger partial charge in [-0.1, -0.05) is 11.3 Å². The molecule has 0 aliphatic carbocycles. The summed E-state index contributed by atoms with van der Waals surface area (Å²) in [5.74, 6) is 1.44. The van der Waals surface area contributed by atoms with Gasteiger partial charge in [-0.2, -0.15) is 4.99 Å². The lowest BCUT2D eigenvalue weighted by Crippen LogP contribution is -2.23. The highest BCUT2D eigenvalue weighted by Gasteiger charge is 2.21. The maximum atomic E-state index is 13.4. The van der Waals surface area contributed by atoms with Gasteiger partial charge in [-0.25, -0.2) is 0 Å². The quantitative estimate of drug-likeness (QED) is 0.363. The van der Waals surface area contributed by atoms with E-state index in [1.54, 1.807) is 29.7 Å². The first-order chi connectivity index (χ1) is 18.0. The SMILES string of the molecule is CCOC(=O)Cn1c(=NC(=O)c2cc(OCC)c(OCC)c(OCC)c2)sc2cc3c(cc21)OCCO3. The summed E-state index contributed by atoms with van der Waals surface area (Å²) in [6.07, 6.45) is 0. The number of esters is 1. The summed E-state index contributed by atoms with van der Waals surface area (Å²) in [5.41, 5.74) is 0.951. The van der Waals surface area contributed by atoms with E-state index in [9.17, 15) is 9.59 Å². The Bertz CT molecular complexity index is 1330. The van der Waals surface area contributed by atoms with Crippen molar-refractivity contribution in [2.75, 3.05) is 39.6 Å². The van der Waals surface area contributed by atoms with Crippen molar-refractivity contribution in [3.8, 4) is 28.7 Å². The minimum absolute atomic E-state index is 0.114. The summed E-state index contributed by atoms with van der Waals surface area (Å²) < 4.78 is 36.2. The zero-order valence-electron chi connectivity index (χ0n) is 21.3. The second-order valence-corrected chi connectivity index (χ2v) is 8.77. The first-order valence-corrected chi connectivity index (χ1v) is 13.0. The Morgan fingerprint density at radius 3 is 2.11 bits per heavy atom. The van der Waals surface area contributed by atoms with Crippen molar-refractivity contribution in [1.29, 1.82) is 0 Å². The van der Waals surface area contributed by atoms with Gasteiger partial charge in [0, 0.05) is 17.7 Å². The summed E-state index contributed by atoms with van der Waals surface area (Å²) >= 11 is 1.26. The van der Waals surface area contributed by atoms with Crippen LogP contribution >= 0.6 is 11.3 Å². The van der Waals surface area contributed by atoms with Crippen molar-refractivity contribution >= 4 is 33.4 Å². The first kappa shape index (κ1) is 26.3. The average Bonchev–Trinajstić information content (AvgIpc) is 3.20. The molecule has 2 heterocycles. The molecule has 0 spiro atoms. The van der Waals surface area contributed by atoms with Crippen LogP contribution in [-0.2, 0) is 16.1 Å². The third-order valence-corrected chi connectivity index (χ3v) is 6.33. The van der Waals surface area contributed by atoms with E-state index in [0.717, 1.165) is 4.70 Å². The molecular weight excluding hydrogens is 500 g/mol. The summed E-state index contributed by atoms with van der Waals surface area (Å²) in [6, 6.07) is 6.80. The van der Waals surface area contributed by atoms with Crippen molar-refractivity contribution in [2.45, 2.75) is 34.2 Å². The van der Waals surface area contributed by atoms with Crippen LogP contribution in [0.5, 0.6) is 28.7 Å². The maximum Gasteiger partial charge on any atom is 0.326 e. The summed E-state index contributed by atoms with van der Waals surface area (Å²) in [5, 5.41) is 0. The van der Waals surface area contributed by atoms with Gasteiger partial charge in [0.05, 0.1) is 36.6 Å². The van der Waals surface area contributed by atoms with Crippen molar-refractivity contribution in [1.82, 2.24) is 4.57 Å². The van der Waals surface area contributed by atoms with Gasteiger partial charge in [0.2, 0.25) is 5.75 Å². The number of nitrogens with zero attached hydrogens (tertiary/aromatic N) is 2. The first-order valence-electron chi connectivity index (χ1n) is 12.2. The molecule has 1 aliphatic rings. The normalized spacial score (nSPS) is 12.9. The second kappa shape index (κ2) is 12.0. The van der Waals surface area contributed by atoms with Crippen LogP contribution in [0.25, 0.3) is 10.2 Å². The molecule has 11 heteroatoms. The van der Waals surface area contributed by atoms with Crippen LogP contribution in [0.15, 0.2) is 29.3 Å². The Morgan fingerprint density at radius 1 is 0.892 bits per heavy atom. The van der Waals surface area contributed by atoms with Gasteiger partial charge in [-0.05, 0) is 39.8 Å². The fourth-order valence-corrected chi connectivity index (χ4v) is 4.88. The van der Waals surface area contributed by atoms with E-state index in [-0.39, 0.29) is 18.7 Å². The molecular formula is C26H30N2O8S. The zero-order chi connectivity index (χ0) is 26.4. The average molecular weight is 531 g/mol. The molecule has 0 N–H and O–H groups in total. The van der Waals surface area contributed by atoms with Crippen LogP contribution < -0.4 is 28.5 Å². The Morgan fingerprint density at radius 2 is 1.51 bits per heavy atom. The number of benzene rings is 2. The van der Waals surface area contributed by atoms with Gasteiger partial charge < -0.3 is 33.0 Å². The lowest BCUT2D eigenvalue weighted by atomic mass is 10.1. The predicted molar refractivity (Wildman–Crippen MR) is 137 cm³/mol. The van der Waals surface area contributed by atoms with Crippen molar-refractivity contribution in [3.63, 3.8) is 0 Å². The number of amides is 1. The maximum absolute atomic E-state index is 13.4. The molecule has 198 valence electrons. The van der Waals surface area contributed by atoms with E-state index in [4.69, 9.17) is 28.4 Å². The van der Waals surface area contributed by atoms with Crippen LogP contribution in [0.4, 0.5) is 0 Å². The van der Waals surface area contributed by atoms with Crippen LogP contribution in [0.3, 0.4) is 0 Å². The third-order valence-electron chi connectivity index (χ3n) is 5.29. The molecule has 1 aromatic heterocycles. The van der Waals surface area contributed by atoms with Crippen LogP contribution in [-0.4, -0.2) is 56.1 Å². The standard InChI is InChI=1S/C26H30N2O8S/c1-5-31-20-11-16(12-21(32-6-2)24(20)34-8-4)25(30)27-26-28(15-23(29)33-7-3)17-13-18-19(14-22(17)37-26)36-10-9-35-18/h11-14H,5-10,15H2,1-4H3. The highest BCUT2D eigenvalue weighted by molar-refractivity contribution is 7.16. The van der Waals surface area contributed by atoms with E-state index >= 15 is 0 Å². The predicted octanol–water partition coefficient (Wildman–Crippen LogP) is 3.97. The van der Waals surface area contributed by atoms with Gasteiger partial charge in [-0.15, -0.1) is 0 Å². The fourth-order valence-electron chi connectivity index (χ4n) is 3.84. The molecule has 0 atom stereocenters. The lowest BCUT2D eigenvalue weighted by molar-refractivity contribution is -0.143. The smallest absolute Gasteiger partial charge is 0.326 e. The molecule has 0 unspecified atom stereocenters. The Hall–Kier alpha value is -3.73. The number of carbonyl (C=O) groups excluding carboxylic acids is 2. The van der Waals surface area contributed by atoms with Crippen LogP contribution in [0, 0.1) is 0 Å². The van der Waals surface area contributed by atoms with Gasteiger partial charge in [0.1, 0.15) is 19.8 Å². The summed E-state index contributed by atoms with van der Waals surface area (Å²) in [4.78, 5) is 30.5. The minimum Gasteiger partial charge on any atom is -0.490 e. The second-order valence-electron chi connectivity index (χ2n) is 7.76. The molecule has 0 saturated carbocycles. The monoisotopic (exact) mass is 530 g/mol. The van der Waals surface area contributed by atoms with Crippen LogP contribution in [0.1, 0.15) is 38.1 Å². The van der Waals surface area contributed by atoms with E-state index in [2.05, 4.69) is 4.99 Å². The highest BCUT2D eigenvalue weighted by Crippen LogP contribution is 2.39. The molecule has 37 heavy (non-hydrogen) atoms. The van der Waals surface area contributed by atoms with E-state index in [1.165, 1.54) is 11.3 Å². The number of hydrogen-bond donors (Lipinski definition) is 0. The number of thiazole rings is 1. The molecule has 1 amide bonds. The number of carbonyl (C=O) groups is 2. The number of ether oxygens (including phenoxy) is 6. The Balaban J connectivity index is 1.83. The molecule has 3 aromatic rings. The molecule has 10 nitrogen and oxygen atoms in total.